The van der Waals surface area contributed by atoms with Gasteiger partial charge in [0.1, 0.15) is 12.6 Å². The van der Waals surface area contributed by atoms with Crippen LogP contribution in [0, 0.1) is 0 Å². The number of halogens is 1. The van der Waals surface area contributed by atoms with Crippen LogP contribution in [-0.2, 0) is 16.1 Å². The summed E-state index contributed by atoms with van der Waals surface area (Å²) < 4.78 is 17.0. The number of hydrogen-bond acceptors (Lipinski definition) is 7. The number of esters is 1. The second-order valence-electron chi connectivity index (χ2n) is 7.74. The highest BCUT2D eigenvalue weighted by atomic mass is 35.5. The molecule has 3 aromatic carbocycles. The van der Waals surface area contributed by atoms with Gasteiger partial charge in [0.15, 0.2) is 17.5 Å². The second-order valence-corrected chi connectivity index (χ2v) is 8.18. The lowest BCUT2D eigenvalue weighted by Crippen LogP contribution is -2.37. The molecule has 3 N–H and O–H groups in total. The number of rotatable bonds is 8. The molecule has 0 aliphatic carbocycles. The van der Waals surface area contributed by atoms with Gasteiger partial charge in [-0.2, -0.15) is 0 Å². The van der Waals surface area contributed by atoms with Gasteiger partial charge in [-0.3, -0.25) is 0 Å². The first-order valence-electron chi connectivity index (χ1n) is 11.1. The predicted molar refractivity (Wildman–Crippen MR) is 136 cm³/mol. The Hall–Kier alpha value is -3.97. The maximum atomic E-state index is 13.1. The molecule has 0 bridgehead atoms. The highest BCUT2D eigenvalue weighted by molar-refractivity contribution is 6.30. The zero-order chi connectivity index (χ0) is 24.8. The highest BCUT2D eigenvalue weighted by Gasteiger charge is 2.32. The van der Waals surface area contributed by atoms with Gasteiger partial charge in [-0.15, -0.1) is 0 Å². The lowest BCUT2D eigenvalue weighted by molar-refractivity contribution is -0.138. The Kier molecular flexibility index (Phi) is 7.57. The van der Waals surface area contributed by atoms with Crippen LogP contribution in [0.4, 0.5) is 0 Å². The zero-order valence-corrected chi connectivity index (χ0v) is 20.2. The van der Waals surface area contributed by atoms with E-state index in [2.05, 4.69) is 10.3 Å². The molecule has 180 valence electrons. The van der Waals surface area contributed by atoms with Gasteiger partial charge in [0, 0.05) is 5.02 Å². The molecule has 0 spiro atoms. The molecule has 0 fully saturated rings. The Bertz CT molecular complexity index is 1260. The lowest BCUT2D eigenvalue weighted by Gasteiger charge is -2.26. The average Bonchev–Trinajstić information content (AvgIpc) is 2.88. The smallest absolute Gasteiger partial charge is 0.338 e. The van der Waals surface area contributed by atoms with Crippen molar-refractivity contribution in [3.8, 4) is 11.5 Å². The molecular weight excluding hydrogens is 466 g/mol. The third-order valence-corrected chi connectivity index (χ3v) is 5.68. The van der Waals surface area contributed by atoms with E-state index in [0.717, 1.165) is 11.1 Å². The SMILES string of the molecule is CCOC(=O)C1=C(c2ccccc2)NC(N)=N[C@@H]1c1ccc(OCc2ccc(Cl)cc2)c(OC)c1. The van der Waals surface area contributed by atoms with E-state index in [1.54, 1.807) is 26.2 Å². The highest BCUT2D eigenvalue weighted by Crippen LogP contribution is 2.38. The zero-order valence-electron chi connectivity index (χ0n) is 19.5. The molecule has 1 atom stereocenters. The van der Waals surface area contributed by atoms with E-state index in [9.17, 15) is 4.79 Å². The van der Waals surface area contributed by atoms with Crippen LogP contribution in [0.25, 0.3) is 5.70 Å². The summed E-state index contributed by atoms with van der Waals surface area (Å²) in [5.41, 5.74) is 9.54. The molecule has 0 radical (unpaired) electrons. The molecule has 0 amide bonds. The van der Waals surface area contributed by atoms with Crippen molar-refractivity contribution in [3.05, 3.63) is 100 Å². The van der Waals surface area contributed by atoms with Gasteiger partial charge in [-0.1, -0.05) is 60.1 Å². The molecule has 0 unspecified atom stereocenters. The minimum absolute atomic E-state index is 0.198. The molecule has 0 saturated carbocycles. The quantitative estimate of drug-likeness (QED) is 0.437. The molecule has 7 nitrogen and oxygen atoms in total. The van der Waals surface area contributed by atoms with E-state index in [-0.39, 0.29) is 12.6 Å². The van der Waals surface area contributed by atoms with Crippen LogP contribution in [0.1, 0.15) is 29.7 Å². The summed E-state index contributed by atoms with van der Waals surface area (Å²) in [4.78, 5) is 17.6. The van der Waals surface area contributed by atoms with Gasteiger partial charge >= 0.3 is 5.97 Å². The van der Waals surface area contributed by atoms with Crippen molar-refractivity contribution in [3.63, 3.8) is 0 Å². The fourth-order valence-corrected chi connectivity index (χ4v) is 3.91. The molecule has 1 aliphatic rings. The Morgan fingerprint density at radius 3 is 2.49 bits per heavy atom. The standard InChI is InChI=1S/C27H26ClN3O4/c1-3-34-26(32)23-24(18-7-5-4-6-8-18)30-27(29)31-25(23)19-11-14-21(22(15-19)33-2)35-16-17-9-12-20(28)13-10-17/h4-15,25H,3,16H2,1-2H3,(H3,29,30,31)/t25-/m1/s1. The van der Waals surface area contributed by atoms with E-state index in [4.69, 9.17) is 31.5 Å². The number of hydrogen-bond donors (Lipinski definition) is 2. The van der Waals surface area contributed by atoms with Crippen LogP contribution < -0.4 is 20.5 Å². The molecular formula is C27H26ClN3O4. The van der Waals surface area contributed by atoms with E-state index in [1.165, 1.54) is 0 Å². The fourth-order valence-electron chi connectivity index (χ4n) is 3.78. The van der Waals surface area contributed by atoms with Crippen molar-refractivity contribution in [2.75, 3.05) is 13.7 Å². The molecule has 3 aromatic rings. The summed E-state index contributed by atoms with van der Waals surface area (Å²) in [7, 11) is 1.56. The van der Waals surface area contributed by atoms with Crippen LogP contribution in [0.15, 0.2) is 83.4 Å². The normalized spacial score (nSPS) is 15.2. The van der Waals surface area contributed by atoms with Crippen molar-refractivity contribution in [2.24, 2.45) is 10.7 Å². The molecule has 1 heterocycles. The van der Waals surface area contributed by atoms with E-state index in [1.807, 2.05) is 60.7 Å². The van der Waals surface area contributed by atoms with Crippen molar-refractivity contribution in [2.45, 2.75) is 19.6 Å². The van der Waals surface area contributed by atoms with Crippen molar-refractivity contribution >= 4 is 29.2 Å². The van der Waals surface area contributed by atoms with Crippen molar-refractivity contribution in [1.82, 2.24) is 5.32 Å². The number of nitrogens with one attached hydrogen (secondary N) is 1. The van der Waals surface area contributed by atoms with Crippen LogP contribution in [0.3, 0.4) is 0 Å². The summed E-state index contributed by atoms with van der Waals surface area (Å²) in [6, 6.07) is 21.6. The Morgan fingerprint density at radius 1 is 1.06 bits per heavy atom. The van der Waals surface area contributed by atoms with Gasteiger partial charge in [-0.25, -0.2) is 9.79 Å². The summed E-state index contributed by atoms with van der Waals surface area (Å²) in [5, 5.41) is 3.71. The first kappa shape index (κ1) is 24.2. The van der Waals surface area contributed by atoms with Gasteiger partial charge < -0.3 is 25.3 Å². The number of carbonyl (C=O) groups is 1. The third-order valence-electron chi connectivity index (χ3n) is 5.43. The number of nitrogens with two attached hydrogens (primary N) is 1. The van der Waals surface area contributed by atoms with E-state index < -0.39 is 12.0 Å². The van der Waals surface area contributed by atoms with Gasteiger partial charge in [0.05, 0.1) is 25.0 Å². The molecule has 4 rings (SSSR count). The van der Waals surface area contributed by atoms with Crippen molar-refractivity contribution < 1.29 is 19.0 Å². The molecule has 35 heavy (non-hydrogen) atoms. The third kappa shape index (κ3) is 5.58. The summed E-state index contributed by atoms with van der Waals surface area (Å²) in [6.45, 7) is 2.34. The first-order chi connectivity index (χ1) is 17.0. The minimum Gasteiger partial charge on any atom is -0.493 e. The first-order valence-corrected chi connectivity index (χ1v) is 11.5. The van der Waals surface area contributed by atoms with Gasteiger partial charge in [-0.05, 0) is 47.9 Å². The van der Waals surface area contributed by atoms with Crippen LogP contribution in [0.2, 0.25) is 5.02 Å². The number of ether oxygens (including phenoxy) is 3. The van der Waals surface area contributed by atoms with Crippen LogP contribution in [-0.4, -0.2) is 25.6 Å². The van der Waals surface area contributed by atoms with Crippen LogP contribution in [0.5, 0.6) is 11.5 Å². The Morgan fingerprint density at radius 2 is 1.80 bits per heavy atom. The molecule has 1 aliphatic heterocycles. The number of carbonyl (C=O) groups excluding carboxylic acids is 1. The molecule has 8 heteroatoms. The number of nitrogens with zero attached hydrogens (tertiary/aromatic N) is 1. The second kappa shape index (κ2) is 11.0. The summed E-state index contributed by atoms with van der Waals surface area (Å²) >= 11 is 5.96. The topological polar surface area (TPSA) is 95.2 Å². The summed E-state index contributed by atoms with van der Waals surface area (Å²) in [6.07, 6.45) is 0. The van der Waals surface area contributed by atoms with Gasteiger partial charge in [0.25, 0.3) is 0 Å². The number of aliphatic imine (C=N–C) groups is 1. The number of benzene rings is 3. The fraction of sp³-hybridized carbons (Fsp3) is 0.185. The van der Waals surface area contributed by atoms with E-state index >= 15 is 0 Å². The molecule has 0 aromatic heterocycles. The maximum absolute atomic E-state index is 13.1. The number of methoxy groups -OCH3 is 1. The summed E-state index contributed by atoms with van der Waals surface area (Å²) in [5.74, 6) is 0.793. The Labute approximate surface area is 209 Å². The predicted octanol–water partition coefficient (Wildman–Crippen LogP) is 4.86. The Balaban J connectivity index is 1.70. The average molecular weight is 492 g/mol. The lowest BCUT2D eigenvalue weighted by atomic mass is 9.93. The molecule has 0 saturated heterocycles. The van der Waals surface area contributed by atoms with Gasteiger partial charge in [0.2, 0.25) is 0 Å². The van der Waals surface area contributed by atoms with Crippen molar-refractivity contribution in [1.29, 1.82) is 0 Å². The van der Waals surface area contributed by atoms with Crippen LogP contribution >= 0.6 is 11.6 Å². The number of guanidine groups is 1. The maximum Gasteiger partial charge on any atom is 0.338 e. The van der Waals surface area contributed by atoms with E-state index in [0.29, 0.717) is 40.0 Å². The monoisotopic (exact) mass is 491 g/mol. The minimum atomic E-state index is -0.690. The largest absolute Gasteiger partial charge is 0.493 e.